The molecule has 0 amide bonds. The molecule has 0 saturated heterocycles. The van der Waals surface area contributed by atoms with E-state index >= 15 is 0 Å². The van der Waals surface area contributed by atoms with Crippen LogP contribution in [-0.2, 0) is 0 Å². The molecular weight excluding hydrogens is 308 g/mol. The fraction of sp³-hybridized carbons (Fsp3) is 0.214. The van der Waals surface area contributed by atoms with Gasteiger partial charge < -0.3 is 14.5 Å². The van der Waals surface area contributed by atoms with Gasteiger partial charge in [-0.25, -0.2) is 0 Å². The van der Waals surface area contributed by atoms with Gasteiger partial charge in [-0.1, -0.05) is 6.07 Å². The highest BCUT2D eigenvalue weighted by molar-refractivity contribution is 9.10. The third kappa shape index (κ3) is 2.91. The molecule has 0 bridgehead atoms. The van der Waals surface area contributed by atoms with Crippen molar-refractivity contribution in [1.82, 2.24) is 0 Å². The molecule has 0 spiro atoms. The first-order valence-electron chi connectivity index (χ1n) is 5.74. The van der Waals surface area contributed by atoms with Crippen LogP contribution in [0.5, 0.6) is 5.75 Å². The van der Waals surface area contributed by atoms with Gasteiger partial charge in [-0.05, 0) is 47.1 Å². The van der Waals surface area contributed by atoms with Crippen LogP contribution in [0.3, 0.4) is 0 Å². The van der Waals surface area contributed by atoms with E-state index in [4.69, 9.17) is 14.4 Å². The fourth-order valence-electron chi connectivity index (χ4n) is 1.79. The Labute approximate surface area is 120 Å². The molecule has 0 aliphatic heterocycles. The van der Waals surface area contributed by atoms with Crippen molar-refractivity contribution < 1.29 is 9.15 Å². The molecule has 4 nitrogen and oxygen atoms in total. The van der Waals surface area contributed by atoms with E-state index in [9.17, 15) is 0 Å². The number of ether oxygens (including phenoxy) is 1. The third-order valence-corrected chi connectivity index (χ3v) is 3.17. The van der Waals surface area contributed by atoms with Gasteiger partial charge >= 0.3 is 0 Å². The molecule has 0 aliphatic rings. The van der Waals surface area contributed by atoms with Gasteiger partial charge in [-0.15, -0.1) is 0 Å². The lowest BCUT2D eigenvalue weighted by Gasteiger charge is -2.16. The number of hydrogen-bond acceptors (Lipinski definition) is 4. The molecule has 1 unspecified atom stereocenters. The number of hydrogen-bond donors (Lipinski definition) is 1. The monoisotopic (exact) mass is 320 g/mol. The number of nitrogens with one attached hydrogen (secondary N) is 1. The van der Waals surface area contributed by atoms with E-state index < -0.39 is 0 Å². The Morgan fingerprint density at radius 2 is 2.16 bits per heavy atom. The molecule has 1 N–H and O–H groups in total. The summed E-state index contributed by atoms with van der Waals surface area (Å²) in [6.07, 6.45) is 0. The molecule has 1 aromatic heterocycles. The lowest BCUT2D eigenvalue weighted by molar-refractivity contribution is 0.415. The number of halogens is 1. The van der Waals surface area contributed by atoms with Gasteiger partial charge in [-0.3, -0.25) is 0 Å². The number of rotatable bonds is 4. The van der Waals surface area contributed by atoms with Crippen molar-refractivity contribution >= 4 is 21.6 Å². The topological polar surface area (TPSA) is 58.2 Å². The van der Waals surface area contributed by atoms with E-state index in [1.807, 2.05) is 25.1 Å². The predicted molar refractivity (Wildman–Crippen MR) is 76.2 cm³/mol. The summed E-state index contributed by atoms with van der Waals surface area (Å²) in [7, 11) is 1.58. The van der Waals surface area contributed by atoms with Gasteiger partial charge in [0.15, 0.2) is 4.67 Å². The van der Waals surface area contributed by atoms with Crippen molar-refractivity contribution in [3.05, 3.63) is 46.3 Å². The Kier molecular flexibility index (Phi) is 4.13. The van der Waals surface area contributed by atoms with Crippen LogP contribution >= 0.6 is 15.9 Å². The Hall–Kier alpha value is -1.93. The minimum absolute atomic E-state index is 0.0744. The van der Waals surface area contributed by atoms with E-state index in [0.717, 1.165) is 5.76 Å². The molecule has 0 saturated carbocycles. The molecular formula is C14H13BrN2O2. The van der Waals surface area contributed by atoms with Crippen LogP contribution in [0, 0.1) is 11.3 Å². The Morgan fingerprint density at radius 3 is 2.74 bits per heavy atom. The first kappa shape index (κ1) is 13.5. The van der Waals surface area contributed by atoms with Crippen LogP contribution in [0.15, 0.2) is 39.4 Å². The van der Waals surface area contributed by atoms with Crippen molar-refractivity contribution in [2.75, 3.05) is 12.4 Å². The lowest BCUT2D eigenvalue weighted by Crippen LogP contribution is -2.08. The zero-order valence-corrected chi connectivity index (χ0v) is 12.2. The molecule has 0 radical (unpaired) electrons. The van der Waals surface area contributed by atoms with E-state index in [0.29, 0.717) is 21.7 Å². The summed E-state index contributed by atoms with van der Waals surface area (Å²) in [6, 6.07) is 11.1. The minimum atomic E-state index is -0.0744. The van der Waals surface area contributed by atoms with Crippen LogP contribution in [0.1, 0.15) is 24.3 Å². The number of benzene rings is 1. The van der Waals surface area contributed by atoms with Crippen molar-refractivity contribution in [3.8, 4) is 11.8 Å². The maximum Gasteiger partial charge on any atom is 0.169 e. The van der Waals surface area contributed by atoms with Crippen LogP contribution in [0.25, 0.3) is 0 Å². The highest BCUT2D eigenvalue weighted by Crippen LogP contribution is 2.32. The second-order valence-electron chi connectivity index (χ2n) is 4.00. The van der Waals surface area contributed by atoms with Crippen LogP contribution in [0.4, 0.5) is 5.69 Å². The summed E-state index contributed by atoms with van der Waals surface area (Å²) in [5, 5.41) is 12.4. The number of nitrogens with zero attached hydrogens (tertiary/aromatic N) is 1. The third-order valence-electron chi connectivity index (χ3n) is 2.75. The molecule has 0 aliphatic carbocycles. The molecule has 0 fully saturated rings. The first-order chi connectivity index (χ1) is 9.15. The van der Waals surface area contributed by atoms with Gasteiger partial charge in [0.05, 0.1) is 24.4 Å². The highest BCUT2D eigenvalue weighted by atomic mass is 79.9. The molecule has 5 heteroatoms. The van der Waals surface area contributed by atoms with Gasteiger partial charge in [-0.2, -0.15) is 5.26 Å². The molecule has 1 heterocycles. The van der Waals surface area contributed by atoms with E-state index in [1.165, 1.54) is 0 Å². The highest BCUT2D eigenvalue weighted by Gasteiger charge is 2.15. The van der Waals surface area contributed by atoms with E-state index in [-0.39, 0.29) is 6.04 Å². The smallest absolute Gasteiger partial charge is 0.169 e. The van der Waals surface area contributed by atoms with Crippen LogP contribution < -0.4 is 10.1 Å². The van der Waals surface area contributed by atoms with Crippen molar-refractivity contribution in [1.29, 1.82) is 5.26 Å². The molecule has 19 heavy (non-hydrogen) atoms. The summed E-state index contributed by atoms with van der Waals surface area (Å²) in [4.78, 5) is 0. The van der Waals surface area contributed by atoms with Crippen molar-refractivity contribution in [2.24, 2.45) is 0 Å². The zero-order chi connectivity index (χ0) is 13.8. The Morgan fingerprint density at radius 1 is 1.37 bits per heavy atom. The number of methoxy groups -OCH3 is 1. The molecule has 98 valence electrons. The molecule has 1 aromatic carbocycles. The van der Waals surface area contributed by atoms with Gasteiger partial charge in [0.25, 0.3) is 0 Å². The summed E-state index contributed by atoms with van der Waals surface area (Å²) in [6.45, 7) is 1.96. The van der Waals surface area contributed by atoms with Gasteiger partial charge in [0, 0.05) is 0 Å². The average molecular weight is 321 g/mol. The van der Waals surface area contributed by atoms with Crippen LogP contribution in [0.2, 0.25) is 0 Å². The predicted octanol–water partition coefficient (Wildman–Crippen LogP) is 4.10. The maximum absolute atomic E-state index is 9.15. The number of para-hydroxylation sites is 1. The van der Waals surface area contributed by atoms with E-state index in [1.54, 1.807) is 19.2 Å². The fourth-order valence-corrected chi connectivity index (χ4v) is 2.11. The van der Waals surface area contributed by atoms with Crippen LogP contribution in [-0.4, -0.2) is 7.11 Å². The van der Waals surface area contributed by atoms with Gasteiger partial charge in [0.2, 0.25) is 0 Å². The van der Waals surface area contributed by atoms with Crippen molar-refractivity contribution in [3.63, 3.8) is 0 Å². The maximum atomic E-state index is 9.15. The summed E-state index contributed by atoms with van der Waals surface area (Å²) < 4.78 is 11.4. The SMILES string of the molecule is COc1cccc(C#N)c1NC(C)c1ccc(Br)o1. The summed E-state index contributed by atoms with van der Waals surface area (Å²) in [5.41, 5.74) is 1.21. The second-order valence-corrected chi connectivity index (χ2v) is 4.78. The number of nitriles is 1. The molecule has 2 rings (SSSR count). The molecule has 2 aromatic rings. The van der Waals surface area contributed by atoms with Gasteiger partial charge in [0.1, 0.15) is 17.6 Å². The van der Waals surface area contributed by atoms with Crippen molar-refractivity contribution in [2.45, 2.75) is 13.0 Å². The largest absolute Gasteiger partial charge is 0.495 e. The summed E-state index contributed by atoms with van der Waals surface area (Å²) >= 11 is 3.27. The second kappa shape index (κ2) is 5.81. The minimum Gasteiger partial charge on any atom is -0.495 e. The first-order valence-corrected chi connectivity index (χ1v) is 6.54. The quantitative estimate of drug-likeness (QED) is 0.921. The zero-order valence-electron chi connectivity index (χ0n) is 10.6. The Balaban J connectivity index is 2.30. The number of furan rings is 1. The summed E-state index contributed by atoms with van der Waals surface area (Å²) in [5.74, 6) is 1.41. The molecule has 1 atom stereocenters. The lowest BCUT2D eigenvalue weighted by atomic mass is 10.1. The Bertz CT molecular complexity index is 616. The number of anilines is 1. The average Bonchev–Trinajstić information content (AvgIpc) is 2.85. The normalized spacial score (nSPS) is 11.7. The van der Waals surface area contributed by atoms with E-state index in [2.05, 4.69) is 27.3 Å². The standard InChI is InChI=1S/C14H13BrN2O2/c1-9(11-6-7-13(15)19-11)17-14-10(8-16)4-3-5-12(14)18-2/h3-7,9,17H,1-2H3.